The number of pyridine rings is 1. The Morgan fingerprint density at radius 2 is 2.00 bits per heavy atom. The van der Waals surface area contributed by atoms with Gasteiger partial charge in [-0.3, -0.25) is 4.57 Å². The average Bonchev–Trinajstić information content (AvgIpc) is 2.73. The van der Waals surface area contributed by atoms with E-state index in [0.29, 0.717) is 12.5 Å². The molecular weight excluding hydrogens is 323 g/mol. The van der Waals surface area contributed by atoms with Gasteiger partial charge in [-0.05, 0) is 46.1 Å². The molecule has 3 aromatic rings. The third-order valence-corrected chi connectivity index (χ3v) is 3.55. The summed E-state index contributed by atoms with van der Waals surface area (Å²) in [6.07, 6.45) is 2.46. The van der Waals surface area contributed by atoms with Gasteiger partial charge >= 0.3 is 0 Å². The van der Waals surface area contributed by atoms with Gasteiger partial charge in [-0.25, -0.2) is 14.4 Å². The van der Waals surface area contributed by atoms with Crippen LogP contribution in [0.3, 0.4) is 0 Å². The fourth-order valence-electron chi connectivity index (χ4n) is 2.12. The molecule has 0 saturated carbocycles. The highest BCUT2D eigenvalue weighted by atomic mass is 79.9. The van der Waals surface area contributed by atoms with Gasteiger partial charge in [0.2, 0.25) is 5.95 Å². The van der Waals surface area contributed by atoms with E-state index >= 15 is 0 Å². The van der Waals surface area contributed by atoms with Gasteiger partial charge in [0, 0.05) is 17.2 Å². The van der Waals surface area contributed by atoms with Crippen molar-refractivity contribution in [2.75, 3.05) is 5.73 Å². The largest absolute Gasteiger partial charge is 0.369 e. The summed E-state index contributed by atoms with van der Waals surface area (Å²) >= 11 is 3.36. The lowest BCUT2D eigenvalue weighted by atomic mass is 10.1. The Balaban J connectivity index is 1.87. The van der Waals surface area contributed by atoms with E-state index in [2.05, 4.69) is 25.9 Å². The molecule has 6 heteroatoms. The third kappa shape index (κ3) is 2.51. The first-order valence-electron chi connectivity index (χ1n) is 6.15. The molecule has 0 aliphatic carbocycles. The molecule has 0 radical (unpaired) electrons. The Labute approximate surface area is 123 Å². The molecule has 0 aliphatic heterocycles. The van der Waals surface area contributed by atoms with Crippen molar-refractivity contribution in [3.05, 3.63) is 52.4 Å². The van der Waals surface area contributed by atoms with E-state index < -0.39 is 0 Å². The maximum absolute atomic E-state index is 12.9. The number of nitrogens with two attached hydrogens (primary N) is 1. The van der Waals surface area contributed by atoms with Gasteiger partial charge in [0.1, 0.15) is 11.3 Å². The summed E-state index contributed by atoms with van der Waals surface area (Å²) in [7, 11) is 0. The van der Waals surface area contributed by atoms with Crippen LogP contribution in [-0.2, 0) is 13.0 Å². The van der Waals surface area contributed by atoms with E-state index in [4.69, 9.17) is 5.73 Å². The molecule has 2 heterocycles. The zero-order chi connectivity index (χ0) is 14.1. The molecular formula is C14H12BrFN4. The van der Waals surface area contributed by atoms with Crippen molar-refractivity contribution in [1.29, 1.82) is 0 Å². The van der Waals surface area contributed by atoms with Crippen LogP contribution in [0.2, 0.25) is 0 Å². The first kappa shape index (κ1) is 13.1. The van der Waals surface area contributed by atoms with Gasteiger partial charge < -0.3 is 5.73 Å². The summed E-state index contributed by atoms with van der Waals surface area (Å²) in [5.74, 6) is 0.209. The number of anilines is 1. The number of aryl methyl sites for hydroxylation is 2. The van der Waals surface area contributed by atoms with Crippen LogP contribution < -0.4 is 5.73 Å². The number of nitrogen functional groups attached to an aromatic ring is 1. The van der Waals surface area contributed by atoms with Crippen LogP contribution in [-0.4, -0.2) is 14.5 Å². The van der Waals surface area contributed by atoms with Gasteiger partial charge in [0.15, 0.2) is 5.65 Å². The molecule has 0 unspecified atom stereocenters. The molecule has 0 saturated heterocycles. The fourth-order valence-corrected chi connectivity index (χ4v) is 2.44. The first-order valence-corrected chi connectivity index (χ1v) is 6.94. The lowest BCUT2D eigenvalue weighted by Gasteiger charge is -2.06. The molecule has 0 bridgehead atoms. The Hall–Kier alpha value is -1.95. The average molecular weight is 335 g/mol. The maximum atomic E-state index is 12.9. The van der Waals surface area contributed by atoms with Crippen molar-refractivity contribution in [3.8, 4) is 0 Å². The number of hydrogen-bond acceptors (Lipinski definition) is 3. The Morgan fingerprint density at radius 3 is 2.75 bits per heavy atom. The Morgan fingerprint density at radius 1 is 1.25 bits per heavy atom. The van der Waals surface area contributed by atoms with Gasteiger partial charge in [0.25, 0.3) is 0 Å². The van der Waals surface area contributed by atoms with E-state index in [1.807, 2.05) is 10.6 Å². The highest BCUT2D eigenvalue weighted by Gasteiger charge is 2.09. The second-order valence-corrected chi connectivity index (χ2v) is 5.41. The summed E-state index contributed by atoms with van der Waals surface area (Å²) in [4.78, 5) is 8.63. The predicted octanol–water partition coefficient (Wildman–Crippen LogP) is 3.16. The van der Waals surface area contributed by atoms with E-state index in [1.54, 1.807) is 18.3 Å². The summed E-state index contributed by atoms with van der Waals surface area (Å²) < 4.78 is 15.6. The van der Waals surface area contributed by atoms with Crippen molar-refractivity contribution >= 4 is 33.0 Å². The molecule has 20 heavy (non-hydrogen) atoms. The predicted molar refractivity (Wildman–Crippen MR) is 79.7 cm³/mol. The molecule has 2 aromatic heterocycles. The van der Waals surface area contributed by atoms with Crippen molar-refractivity contribution in [2.45, 2.75) is 13.0 Å². The van der Waals surface area contributed by atoms with Crippen LogP contribution in [0.5, 0.6) is 0 Å². The molecule has 2 N–H and O–H groups in total. The molecule has 0 fully saturated rings. The second kappa shape index (κ2) is 5.20. The highest BCUT2D eigenvalue weighted by molar-refractivity contribution is 9.10. The fraction of sp³-hybridized carbons (Fsp3) is 0.143. The quantitative estimate of drug-likeness (QED) is 0.800. The minimum atomic E-state index is -0.229. The lowest BCUT2D eigenvalue weighted by Crippen LogP contribution is -2.06. The molecule has 4 nitrogen and oxygen atoms in total. The lowest BCUT2D eigenvalue weighted by molar-refractivity contribution is 0.626. The van der Waals surface area contributed by atoms with Gasteiger partial charge in [-0.1, -0.05) is 12.1 Å². The highest BCUT2D eigenvalue weighted by Crippen LogP contribution is 2.20. The van der Waals surface area contributed by atoms with Gasteiger partial charge in [-0.2, -0.15) is 0 Å². The summed E-state index contributed by atoms with van der Waals surface area (Å²) in [5.41, 5.74) is 8.49. The summed E-state index contributed by atoms with van der Waals surface area (Å²) in [6.45, 7) is 0.655. The standard InChI is InChI=1S/C14H12BrFN4/c15-10-7-12-13(18-8-10)20(14(17)19-12)6-5-9-1-3-11(16)4-2-9/h1-4,7-8H,5-6H2,(H2,17,19). The molecule has 3 rings (SSSR count). The number of imidazole rings is 1. The smallest absolute Gasteiger partial charge is 0.202 e. The minimum Gasteiger partial charge on any atom is -0.369 e. The number of hydrogen-bond donors (Lipinski definition) is 1. The van der Waals surface area contributed by atoms with Crippen LogP contribution in [0.1, 0.15) is 5.56 Å². The van der Waals surface area contributed by atoms with Crippen molar-refractivity contribution in [3.63, 3.8) is 0 Å². The second-order valence-electron chi connectivity index (χ2n) is 4.49. The van der Waals surface area contributed by atoms with Crippen LogP contribution in [0, 0.1) is 5.82 Å². The molecule has 1 aromatic carbocycles. The number of fused-ring (bicyclic) bond motifs is 1. The van der Waals surface area contributed by atoms with E-state index in [0.717, 1.165) is 27.6 Å². The van der Waals surface area contributed by atoms with Crippen LogP contribution in [0.25, 0.3) is 11.2 Å². The zero-order valence-electron chi connectivity index (χ0n) is 10.6. The summed E-state index contributed by atoms with van der Waals surface area (Å²) in [6, 6.07) is 8.34. The normalized spacial score (nSPS) is 11.1. The third-order valence-electron chi connectivity index (χ3n) is 3.12. The topological polar surface area (TPSA) is 56.7 Å². The molecule has 0 amide bonds. The van der Waals surface area contributed by atoms with Crippen molar-refractivity contribution in [2.24, 2.45) is 0 Å². The van der Waals surface area contributed by atoms with Gasteiger partial charge in [-0.15, -0.1) is 0 Å². The Bertz CT molecular complexity index is 752. The zero-order valence-corrected chi connectivity index (χ0v) is 12.1. The number of halogens is 2. The van der Waals surface area contributed by atoms with E-state index in [1.165, 1.54) is 12.1 Å². The van der Waals surface area contributed by atoms with Crippen molar-refractivity contribution < 1.29 is 4.39 Å². The van der Waals surface area contributed by atoms with Crippen LogP contribution in [0.15, 0.2) is 41.0 Å². The van der Waals surface area contributed by atoms with Crippen LogP contribution in [0.4, 0.5) is 10.3 Å². The molecule has 0 spiro atoms. The minimum absolute atomic E-state index is 0.229. The van der Waals surface area contributed by atoms with Crippen molar-refractivity contribution in [1.82, 2.24) is 14.5 Å². The number of benzene rings is 1. The molecule has 0 atom stereocenters. The Kier molecular flexibility index (Phi) is 3.40. The SMILES string of the molecule is Nc1nc2cc(Br)cnc2n1CCc1ccc(F)cc1. The summed E-state index contributed by atoms with van der Waals surface area (Å²) in [5, 5.41) is 0. The van der Waals surface area contributed by atoms with Crippen LogP contribution >= 0.6 is 15.9 Å². The molecule has 102 valence electrons. The maximum Gasteiger partial charge on any atom is 0.202 e. The number of rotatable bonds is 3. The monoisotopic (exact) mass is 334 g/mol. The van der Waals surface area contributed by atoms with E-state index in [-0.39, 0.29) is 5.82 Å². The number of aromatic nitrogens is 3. The number of nitrogens with zero attached hydrogens (tertiary/aromatic N) is 3. The first-order chi connectivity index (χ1) is 9.63. The molecule has 0 aliphatic rings. The van der Waals surface area contributed by atoms with E-state index in [9.17, 15) is 4.39 Å². The van der Waals surface area contributed by atoms with Gasteiger partial charge in [0.05, 0.1) is 0 Å².